The molecule has 1 N–H and O–H groups in total. The molecule has 0 saturated carbocycles. The Balaban J connectivity index is 1.85. The van der Waals surface area contributed by atoms with Crippen molar-refractivity contribution in [2.45, 2.75) is 25.7 Å². The van der Waals surface area contributed by atoms with Gasteiger partial charge in [-0.25, -0.2) is 13.2 Å². The van der Waals surface area contributed by atoms with Gasteiger partial charge in [0.05, 0.1) is 29.4 Å². The Morgan fingerprint density at radius 2 is 1.49 bits per heavy atom. The molecule has 0 unspecified atom stereocenters. The van der Waals surface area contributed by atoms with Crippen molar-refractivity contribution < 1.29 is 27.5 Å². The number of rotatable bonds is 10. The fourth-order valence-electron chi connectivity index (χ4n) is 3.26. The van der Waals surface area contributed by atoms with Crippen LogP contribution in [0.25, 0.3) is 0 Å². The number of hydrogen-bond acceptors (Lipinski definition) is 6. The Labute approximate surface area is 205 Å². The fourth-order valence-corrected chi connectivity index (χ4v) is 4.68. The summed E-state index contributed by atoms with van der Waals surface area (Å²) in [6.45, 7) is 5.71. The first-order valence-electron chi connectivity index (χ1n) is 11.1. The predicted octanol–water partition coefficient (Wildman–Crippen LogP) is 4.40. The van der Waals surface area contributed by atoms with Crippen LogP contribution in [0.5, 0.6) is 5.75 Å². The first kappa shape index (κ1) is 25.8. The lowest BCUT2D eigenvalue weighted by Crippen LogP contribution is -2.38. The van der Waals surface area contributed by atoms with Gasteiger partial charge in [0.1, 0.15) is 12.3 Å². The number of carbonyl (C=O) groups excluding carboxylic acids is 2. The number of benzene rings is 3. The fraction of sp³-hybridized carbons (Fsp3) is 0.231. The van der Waals surface area contributed by atoms with Crippen LogP contribution >= 0.6 is 0 Å². The molecule has 0 fully saturated rings. The van der Waals surface area contributed by atoms with E-state index in [1.165, 1.54) is 24.3 Å². The van der Waals surface area contributed by atoms with Gasteiger partial charge in [0.15, 0.2) is 0 Å². The van der Waals surface area contributed by atoms with Gasteiger partial charge in [-0.3, -0.25) is 9.10 Å². The highest BCUT2D eigenvalue weighted by molar-refractivity contribution is 7.92. The summed E-state index contributed by atoms with van der Waals surface area (Å²) in [7, 11) is -4.04. The van der Waals surface area contributed by atoms with Crippen molar-refractivity contribution >= 4 is 33.3 Å². The lowest BCUT2D eigenvalue weighted by atomic mass is 10.2. The molecule has 9 heteroatoms. The van der Waals surface area contributed by atoms with Gasteiger partial charge in [-0.1, -0.05) is 17.7 Å². The number of nitrogens with one attached hydrogen (secondary N) is 1. The zero-order chi connectivity index (χ0) is 25.4. The third-order valence-electron chi connectivity index (χ3n) is 5.01. The van der Waals surface area contributed by atoms with Crippen LogP contribution in [-0.2, 0) is 19.6 Å². The van der Waals surface area contributed by atoms with E-state index in [1.807, 2.05) is 13.8 Å². The van der Waals surface area contributed by atoms with Crippen LogP contribution in [0.1, 0.15) is 29.8 Å². The minimum Gasteiger partial charge on any atom is -0.494 e. The molecule has 0 aliphatic carbocycles. The smallest absolute Gasteiger partial charge is 0.338 e. The van der Waals surface area contributed by atoms with E-state index < -0.39 is 28.4 Å². The van der Waals surface area contributed by atoms with Crippen molar-refractivity contribution in [1.82, 2.24) is 0 Å². The second-order valence-electron chi connectivity index (χ2n) is 7.60. The predicted molar refractivity (Wildman–Crippen MR) is 134 cm³/mol. The minimum atomic E-state index is -4.04. The second kappa shape index (κ2) is 11.5. The number of carbonyl (C=O) groups is 2. The maximum absolute atomic E-state index is 13.5. The van der Waals surface area contributed by atoms with Crippen molar-refractivity contribution in [2.75, 3.05) is 29.4 Å². The van der Waals surface area contributed by atoms with Gasteiger partial charge in [0, 0.05) is 5.69 Å². The third kappa shape index (κ3) is 6.60. The topological polar surface area (TPSA) is 102 Å². The molecule has 3 rings (SSSR count). The molecule has 0 bridgehead atoms. The Kier molecular flexibility index (Phi) is 8.48. The number of hydrogen-bond donors (Lipinski definition) is 1. The summed E-state index contributed by atoms with van der Waals surface area (Å²) >= 11 is 0. The molecular formula is C26H28N2O6S. The maximum atomic E-state index is 13.5. The average Bonchev–Trinajstić information content (AvgIpc) is 2.84. The van der Waals surface area contributed by atoms with Crippen molar-refractivity contribution in [2.24, 2.45) is 0 Å². The molecule has 0 heterocycles. The second-order valence-corrected chi connectivity index (χ2v) is 9.46. The van der Waals surface area contributed by atoms with Crippen molar-refractivity contribution in [3.8, 4) is 5.75 Å². The molecule has 0 aliphatic rings. The summed E-state index contributed by atoms with van der Waals surface area (Å²) in [5.41, 5.74) is 2.01. The highest BCUT2D eigenvalue weighted by Gasteiger charge is 2.27. The van der Waals surface area contributed by atoms with Gasteiger partial charge in [-0.15, -0.1) is 0 Å². The number of ether oxygens (including phenoxy) is 2. The van der Waals surface area contributed by atoms with Crippen LogP contribution in [0.3, 0.4) is 0 Å². The lowest BCUT2D eigenvalue weighted by molar-refractivity contribution is -0.114. The van der Waals surface area contributed by atoms with E-state index in [0.29, 0.717) is 29.3 Å². The van der Waals surface area contributed by atoms with E-state index in [-0.39, 0.29) is 11.5 Å². The summed E-state index contributed by atoms with van der Waals surface area (Å²) in [4.78, 5) is 24.8. The zero-order valence-electron chi connectivity index (χ0n) is 19.9. The summed E-state index contributed by atoms with van der Waals surface area (Å²) < 4.78 is 38.4. The molecule has 0 atom stereocenters. The standard InChI is InChI=1S/C26H28N2O6S/c1-4-33-23-14-12-22(13-15-23)28(35(31,32)24-16-6-19(3)7-17-24)18-25(29)27-21-10-8-20(9-11-21)26(30)34-5-2/h6-17H,4-5,18H2,1-3H3,(H,27,29). The van der Waals surface area contributed by atoms with E-state index in [0.717, 1.165) is 9.87 Å². The van der Waals surface area contributed by atoms with Crippen molar-refractivity contribution in [3.05, 3.63) is 83.9 Å². The summed E-state index contributed by atoms with van der Waals surface area (Å²) in [6, 6.07) is 19.1. The molecule has 1 amide bonds. The molecule has 0 aromatic heterocycles. The number of nitrogens with zero attached hydrogens (tertiary/aromatic N) is 1. The average molecular weight is 497 g/mol. The maximum Gasteiger partial charge on any atom is 0.338 e. The largest absolute Gasteiger partial charge is 0.494 e. The summed E-state index contributed by atoms with van der Waals surface area (Å²) in [6.07, 6.45) is 0. The number of anilines is 2. The lowest BCUT2D eigenvalue weighted by Gasteiger charge is -2.24. The molecule has 3 aromatic rings. The van der Waals surface area contributed by atoms with E-state index in [1.54, 1.807) is 55.5 Å². The van der Waals surface area contributed by atoms with E-state index in [4.69, 9.17) is 9.47 Å². The van der Waals surface area contributed by atoms with Gasteiger partial charge in [-0.05, 0) is 81.4 Å². The van der Waals surface area contributed by atoms with Gasteiger partial charge in [-0.2, -0.15) is 0 Å². The first-order chi connectivity index (χ1) is 16.7. The third-order valence-corrected chi connectivity index (χ3v) is 6.80. The van der Waals surface area contributed by atoms with Crippen LogP contribution in [-0.4, -0.2) is 40.1 Å². The van der Waals surface area contributed by atoms with E-state index in [9.17, 15) is 18.0 Å². The summed E-state index contributed by atoms with van der Waals surface area (Å²) in [5.74, 6) is -0.412. The SMILES string of the molecule is CCOC(=O)c1ccc(NC(=O)CN(c2ccc(OCC)cc2)S(=O)(=O)c2ccc(C)cc2)cc1. The number of amides is 1. The van der Waals surface area contributed by atoms with Crippen LogP contribution in [0.4, 0.5) is 11.4 Å². The molecule has 3 aromatic carbocycles. The highest BCUT2D eigenvalue weighted by Crippen LogP contribution is 2.26. The normalized spacial score (nSPS) is 10.9. The van der Waals surface area contributed by atoms with Crippen LogP contribution in [0.2, 0.25) is 0 Å². The molecule has 0 aliphatic heterocycles. The first-order valence-corrected chi connectivity index (χ1v) is 12.6. The molecule has 8 nitrogen and oxygen atoms in total. The van der Waals surface area contributed by atoms with Gasteiger partial charge in [0.25, 0.3) is 10.0 Å². The molecule has 35 heavy (non-hydrogen) atoms. The number of aryl methyl sites for hydroxylation is 1. The monoisotopic (exact) mass is 496 g/mol. The van der Waals surface area contributed by atoms with Crippen LogP contribution < -0.4 is 14.4 Å². The van der Waals surface area contributed by atoms with E-state index >= 15 is 0 Å². The van der Waals surface area contributed by atoms with Gasteiger partial charge in [0.2, 0.25) is 5.91 Å². The molecule has 0 saturated heterocycles. The van der Waals surface area contributed by atoms with Crippen LogP contribution in [0.15, 0.2) is 77.7 Å². The number of esters is 1. The Bertz CT molecular complexity index is 1250. The minimum absolute atomic E-state index is 0.0728. The Hall–Kier alpha value is -3.85. The molecule has 184 valence electrons. The van der Waals surface area contributed by atoms with Gasteiger partial charge < -0.3 is 14.8 Å². The van der Waals surface area contributed by atoms with E-state index in [2.05, 4.69) is 5.32 Å². The molecular weight excluding hydrogens is 468 g/mol. The molecule has 0 radical (unpaired) electrons. The number of sulfonamides is 1. The highest BCUT2D eigenvalue weighted by atomic mass is 32.2. The summed E-state index contributed by atoms with van der Waals surface area (Å²) in [5, 5.41) is 2.68. The van der Waals surface area contributed by atoms with Gasteiger partial charge >= 0.3 is 5.97 Å². The van der Waals surface area contributed by atoms with Crippen molar-refractivity contribution in [3.63, 3.8) is 0 Å². The molecule has 0 spiro atoms. The van der Waals surface area contributed by atoms with Crippen LogP contribution in [0, 0.1) is 6.92 Å². The van der Waals surface area contributed by atoms with Crippen molar-refractivity contribution in [1.29, 1.82) is 0 Å². The quantitative estimate of drug-likeness (QED) is 0.417. The Morgan fingerprint density at radius 3 is 2.06 bits per heavy atom. The zero-order valence-corrected chi connectivity index (χ0v) is 20.7. The Morgan fingerprint density at radius 1 is 0.857 bits per heavy atom.